The molecule has 128 valence electrons. The summed E-state index contributed by atoms with van der Waals surface area (Å²) in [6.07, 6.45) is 3.70. The number of hydrogen-bond donors (Lipinski definition) is 1. The highest BCUT2D eigenvalue weighted by Gasteiger charge is 2.19. The number of H-pyrrole nitrogens is 1. The standard InChI is InChI=1S/C19H24N2O3/c1-6-7-8-21-18(16(12(2)3)17(22)20-19(21)23)24-15-10-13(4)9-14(5)11-15/h6-7,9-12H,8H2,1-5H3,(H,20,22,23)/b7-6-. The molecule has 0 saturated carbocycles. The fourth-order valence-electron chi connectivity index (χ4n) is 2.67. The summed E-state index contributed by atoms with van der Waals surface area (Å²) in [5.74, 6) is 0.850. The fraction of sp³-hybridized carbons (Fsp3) is 0.368. The van der Waals surface area contributed by atoms with E-state index in [-0.39, 0.29) is 5.92 Å². The molecule has 0 atom stereocenters. The third-order valence-electron chi connectivity index (χ3n) is 3.70. The summed E-state index contributed by atoms with van der Waals surface area (Å²) in [5, 5.41) is 0. The van der Waals surface area contributed by atoms with Gasteiger partial charge in [-0.15, -0.1) is 0 Å². The van der Waals surface area contributed by atoms with Gasteiger partial charge in [-0.05, 0) is 49.9 Å². The summed E-state index contributed by atoms with van der Waals surface area (Å²) in [7, 11) is 0. The average Bonchev–Trinajstić information content (AvgIpc) is 2.45. The van der Waals surface area contributed by atoms with Gasteiger partial charge in [0.05, 0.1) is 5.56 Å². The predicted octanol–water partition coefficient (Wildman–Crippen LogP) is 3.65. The van der Waals surface area contributed by atoms with E-state index in [1.807, 2.05) is 65.0 Å². The number of hydrogen-bond acceptors (Lipinski definition) is 3. The van der Waals surface area contributed by atoms with E-state index >= 15 is 0 Å². The molecule has 5 nitrogen and oxygen atoms in total. The van der Waals surface area contributed by atoms with Crippen LogP contribution in [0.3, 0.4) is 0 Å². The molecule has 0 bridgehead atoms. The summed E-state index contributed by atoms with van der Waals surface area (Å²) in [6.45, 7) is 9.99. The van der Waals surface area contributed by atoms with Crippen molar-refractivity contribution in [2.24, 2.45) is 0 Å². The van der Waals surface area contributed by atoms with Crippen molar-refractivity contribution < 1.29 is 4.74 Å². The molecular weight excluding hydrogens is 304 g/mol. The monoisotopic (exact) mass is 328 g/mol. The maximum Gasteiger partial charge on any atom is 0.331 e. The Morgan fingerprint density at radius 1 is 1.17 bits per heavy atom. The van der Waals surface area contributed by atoms with Crippen LogP contribution in [-0.2, 0) is 6.54 Å². The number of aromatic nitrogens is 2. The van der Waals surface area contributed by atoms with E-state index in [1.54, 1.807) is 0 Å². The number of nitrogens with one attached hydrogen (secondary N) is 1. The molecule has 0 aliphatic carbocycles. The molecule has 24 heavy (non-hydrogen) atoms. The molecule has 2 aromatic rings. The van der Waals surface area contributed by atoms with Gasteiger partial charge in [0.15, 0.2) is 0 Å². The molecule has 0 unspecified atom stereocenters. The molecule has 0 fully saturated rings. The number of aromatic amines is 1. The van der Waals surface area contributed by atoms with Crippen molar-refractivity contribution in [2.75, 3.05) is 0 Å². The summed E-state index contributed by atoms with van der Waals surface area (Å²) in [4.78, 5) is 26.9. The zero-order valence-corrected chi connectivity index (χ0v) is 14.8. The van der Waals surface area contributed by atoms with Crippen molar-refractivity contribution in [3.63, 3.8) is 0 Å². The van der Waals surface area contributed by atoms with Gasteiger partial charge < -0.3 is 4.74 Å². The first-order valence-electron chi connectivity index (χ1n) is 8.07. The van der Waals surface area contributed by atoms with Crippen LogP contribution in [0.25, 0.3) is 0 Å². The summed E-state index contributed by atoms with van der Waals surface area (Å²) >= 11 is 0. The van der Waals surface area contributed by atoms with Gasteiger partial charge in [-0.1, -0.05) is 32.1 Å². The van der Waals surface area contributed by atoms with Crippen molar-refractivity contribution in [1.29, 1.82) is 0 Å². The van der Waals surface area contributed by atoms with E-state index in [0.717, 1.165) is 11.1 Å². The third-order valence-corrected chi connectivity index (χ3v) is 3.70. The Morgan fingerprint density at radius 3 is 2.33 bits per heavy atom. The molecule has 1 aromatic carbocycles. The van der Waals surface area contributed by atoms with Crippen LogP contribution in [0.5, 0.6) is 11.6 Å². The lowest BCUT2D eigenvalue weighted by Gasteiger charge is -2.18. The van der Waals surface area contributed by atoms with Crippen LogP contribution in [0.4, 0.5) is 0 Å². The molecule has 2 rings (SSSR count). The fourth-order valence-corrected chi connectivity index (χ4v) is 2.67. The van der Waals surface area contributed by atoms with Crippen LogP contribution in [0.1, 0.15) is 43.4 Å². The molecule has 0 aliphatic heterocycles. The second-order valence-corrected chi connectivity index (χ2v) is 6.24. The van der Waals surface area contributed by atoms with Crippen LogP contribution in [-0.4, -0.2) is 9.55 Å². The first-order valence-corrected chi connectivity index (χ1v) is 8.07. The molecule has 1 heterocycles. The van der Waals surface area contributed by atoms with Crippen LogP contribution < -0.4 is 16.0 Å². The Bertz CT molecular complexity index is 853. The van der Waals surface area contributed by atoms with Crippen molar-refractivity contribution in [3.8, 4) is 11.6 Å². The summed E-state index contributed by atoms with van der Waals surface area (Å²) in [5.41, 5.74) is 1.72. The van der Waals surface area contributed by atoms with Gasteiger partial charge >= 0.3 is 5.69 Å². The third kappa shape index (κ3) is 3.85. The molecule has 1 aromatic heterocycles. The Morgan fingerprint density at radius 2 is 1.79 bits per heavy atom. The lowest BCUT2D eigenvalue weighted by atomic mass is 10.1. The van der Waals surface area contributed by atoms with Crippen LogP contribution in [0.15, 0.2) is 39.9 Å². The number of ether oxygens (including phenoxy) is 1. The Balaban J connectivity index is 2.68. The zero-order chi connectivity index (χ0) is 17.9. The first kappa shape index (κ1) is 17.8. The molecule has 0 saturated heterocycles. The van der Waals surface area contributed by atoms with E-state index in [2.05, 4.69) is 4.98 Å². The predicted molar refractivity (Wildman–Crippen MR) is 96.2 cm³/mol. The van der Waals surface area contributed by atoms with Crippen molar-refractivity contribution in [3.05, 3.63) is 67.9 Å². The molecule has 5 heteroatoms. The quantitative estimate of drug-likeness (QED) is 0.852. The van der Waals surface area contributed by atoms with Crippen molar-refractivity contribution in [1.82, 2.24) is 9.55 Å². The van der Waals surface area contributed by atoms with E-state index < -0.39 is 11.2 Å². The smallest absolute Gasteiger partial charge is 0.331 e. The summed E-state index contributed by atoms with van der Waals surface area (Å²) < 4.78 is 7.48. The number of nitrogens with zero attached hydrogens (tertiary/aromatic N) is 1. The van der Waals surface area contributed by atoms with Gasteiger partial charge in [0.25, 0.3) is 5.56 Å². The van der Waals surface area contributed by atoms with Crippen molar-refractivity contribution >= 4 is 0 Å². The largest absolute Gasteiger partial charge is 0.440 e. The Labute approximate surface area is 141 Å². The van der Waals surface area contributed by atoms with E-state index in [0.29, 0.717) is 23.7 Å². The lowest BCUT2D eigenvalue weighted by Crippen LogP contribution is -2.33. The van der Waals surface area contributed by atoms with E-state index in [1.165, 1.54) is 4.57 Å². The van der Waals surface area contributed by atoms with E-state index in [4.69, 9.17) is 4.74 Å². The van der Waals surface area contributed by atoms with Gasteiger partial charge in [0.2, 0.25) is 5.88 Å². The Hall–Kier alpha value is -2.56. The van der Waals surface area contributed by atoms with E-state index in [9.17, 15) is 9.59 Å². The highest BCUT2D eigenvalue weighted by Crippen LogP contribution is 2.28. The van der Waals surface area contributed by atoms with Gasteiger partial charge in [-0.3, -0.25) is 14.3 Å². The molecule has 0 spiro atoms. The minimum Gasteiger partial charge on any atom is -0.440 e. The molecule has 1 N–H and O–H groups in total. The zero-order valence-electron chi connectivity index (χ0n) is 14.8. The number of benzene rings is 1. The SMILES string of the molecule is C/C=C\Cn1c(Oc2cc(C)cc(C)c2)c(C(C)C)c(=O)[nH]c1=O. The van der Waals surface area contributed by atoms with Crippen LogP contribution >= 0.6 is 0 Å². The molecule has 0 radical (unpaired) electrons. The first-order chi connectivity index (χ1) is 11.3. The van der Waals surface area contributed by atoms with Gasteiger partial charge in [-0.25, -0.2) is 4.79 Å². The maximum atomic E-state index is 12.3. The molecule has 0 aliphatic rings. The Kier molecular flexibility index (Phi) is 5.44. The lowest BCUT2D eigenvalue weighted by molar-refractivity contribution is 0.411. The number of rotatable bonds is 5. The number of allylic oxidation sites excluding steroid dienone is 2. The summed E-state index contributed by atoms with van der Waals surface area (Å²) in [6, 6.07) is 5.83. The normalized spacial score (nSPS) is 11.4. The number of aryl methyl sites for hydroxylation is 2. The second kappa shape index (κ2) is 7.34. The molecular formula is C19H24N2O3. The van der Waals surface area contributed by atoms with Crippen LogP contribution in [0.2, 0.25) is 0 Å². The second-order valence-electron chi connectivity index (χ2n) is 6.24. The van der Waals surface area contributed by atoms with Crippen LogP contribution in [0, 0.1) is 13.8 Å². The van der Waals surface area contributed by atoms with Gasteiger partial charge in [0.1, 0.15) is 5.75 Å². The van der Waals surface area contributed by atoms with Gasteiger partial charge in [0, 0.05) is 6.54 Å². The average molecular weight is 328 g/mol. The maximum absolute atomic E-state index is 12.3. The highest BCUT2D eigenvalue weighted by molar-refractivity contribution is 5.38. The molecule has 0 amide bonds. The minimum absolute atomic E-state index is 0.0767. The van der Waals surface area contributed by atoms with Crippen molar-refractivity contribution in [2.45, 2.75) is 47.1 Å². The van der Waals surface area contributed by atoms with Gasteiger partial charge in [-0.2, -0.15) is 0 Å². The highest BCUT2D eigenvalue weighted by atomic mass is 16.5. The topological polar surface area (TPSA) is 64.1 Å². The minimum atomic E-state index is -0.470.